The van der Waals surface area contributed by atoms with Crippen molar-refractivity contribution in [1.29, 1.82) is 0 Å². The number of hydrogen-bond donors (Lipinski definition) is 1. The Kier molecular flexibility index (Phi) is 6.34. The maximum Gasteiger partial charge on any atom is 0.244 e. The zero-order chi connectivity index (χ0) is 25.5. The van der Waals surface area contributed by atoms with Crippen molar-refractivity contribution in [2.75, 3.05) is 5.32 Å². The average molecular weight is 493 g/mol. The summed E-state index contributed by atoms with van der Waals surface area (Å²) in [7, 11) is -4.23. The summed E-state index contributed by atoms with van der Waals surface area (Å²) in [5.41, 5.74) is 3.66. The summed E-state index contributed by atoms with van der Waals surface area (Å²) in [6.45, 7) is 7.17. The number of hydrogen-bond acceptors (Lipinski definition) is 4. The third-order valence-corrected chi connectivity index (χ3v) is 7.80. The van der Waals surface area contributed by atoms with E-state index in [1.165, 1.54) is 22.8 Å². The van der Waals surface area contributed by atoms with Gasteiger partial charge in [0, 0.05) is 17.3 Å². The molecule has 0 aliphatic heterocycles. The Labute approximate surface area is 203 Å². The maximum atomic E-state index is 14.0. The number of sulfone groups is 1. The summed E-state index contributed by atoms with van der Waals surface area (Å²) in [6.07, 6.45) is 1.16. The zero-order valence-electron chi connectivity index (χ0n) is 19.8. The molecule has 3 aromatic carbocycles. The van der Waals surface area contributed by atoms with Gasteiger partial charge in [-0.2, -0.15) is 0 Å². The van der Waals surface area contributed by atoms with Gasteiger partial charge < -0.3 is 9.88 Å². The van der Waals surface area contributed by atoms with Gasteiger partial charge in [-0.05, 0) is 80.8 Å². The molecule has 0 atom stereocenters. The van der Waals surface area contributed by atoms with Crippen LogP contribution in [0, 0.1) is 33.5 Å². The van der Waals surface area contributed by atoms with Crippen molar-refractivity contribution < 1.29 is 17.6 Å². The van der Waals surface area contributed by atoms with Gasteiger partial charge >= 0.3 is 0 Å². The van der Waals surface area contributed by atoms with E-state index < -0.39 is 31.9 Å². The van der Waals surface area contributed by atoms with Gasteiger partial charge in [-0.25, -0.2) is 12.8 Å². The second-order valence-corrected chi connectivity index (χ2v) is 10.6. The molecule has 180 valence electrons. The van der Waals surface area contributed by atoms with Crippen LogP contribution in [0.3, 0.4) is 0 Å². The summed E-state index contributed by atoms with van der Waals surface area (Å²) in [5, 5.41) is 2.70. The van der Waals surface area contributed by atoms with Crippen LogP contribution in [0.15, 0.2) is 75.4 Å². The minimum Gasteiger partial charge on any atom is -0.336 e. The SMILES string of the molecule is Cc1ccc(NC(=O)Cn2cc(S(=O)(=O)c3ccc(C)c(C)c3)c(=O)c3cc(F)ccc32)c(C)c1. The van der Waals surface area contributed by atoms with Crippen molar-refractivity contribution in [1.82, 2.24) is 4.57 Å². The van der Waals surface area contributed by atoms with Crippen molar-refractivity contribution in [3.8, 4) is 0 Å². The molecule has 0 aliphatic rings. The third-order valence-electron chi connectivity index (χ3n) is 6.06. The number of aromatic nitrogens is 1. The maximum absolute atomic E-state index is 14.0. The van der Waals surface area contributed by atoms with Gasteiger partial charge in [0.2, 0.25) is 21.2 Å². The van der Waals surface area contributed by atoms with Crippen LogP contribution in [0.4, 0.5) is 10.1 Å². The molecule has 1 N–H and O–H groups in total. The number of carbonyl (C=O) groups excluding carboxylic acids is 1. The molecule has 6 nitrogen and oxygen atoms in total. The van der Waals surface area contributed by atoms with E-state index in [1.807, 2.05) is 32.9 Å². The highest BCUT2D eigenvalue weighted by molar-refractivity contribution is 7.91. The van der Waals surface area contributed by atoms with Gasteiger partial charge in [-0.15, -0.1) is 0 Å². The predicted octanol–water partition coefficient (Wildman–Crippen LogP) is 4.85. The zero-order valence-corrected chi connectivity index (χ0v) is 20.7. The van der Waals surface area contributed by atoms with Crippen LogP contribution in [0.5, 0.6) is 0 Å². The molecular formula is C27H25FN2O4S. The number of pyridine rings is 1. The molecular weight excluding hydrogens is 467 g/mol. The molecule has 8 heteroatoms. The smallest absolute Gasteiger partial charge is 0.244 e. The van der Waals surface area contributed by atoms with E-state index in [2.05, 4.69) is 5.32 Å². The molecule has 1 aromatic heterocycles. The summed E-state index contributed by atoms with van der Waals surface area (Å²) in [5.74, 6) is -1.10. The minimum atomic E-state index is -4.23. The lowest BCUT2D eigenvalue weighted by atomic mass is 10.1. The Hall–Kier alpha value is -3.78. The lowest BCUT2D eigenvalue weighted by Crippen LogP contribution is -2.24. The number of carbonyl (C=O) groups is 1. The van der Waals surface area contributed by atoms with Crippen LogP contribution in [0.25, 0.3) is 10.9 Å². The van der Waals surface area contributed by atoms with E-state index in [4.69, 9.17) is 0 Å². The lowest BCUT2D eigenvalue weighted by Gasteiger charge is -2.15. The van der Waals surface area contributed by atoms with Crippen LogP contribution in [-0.2, 0) is 21.2 Å². The molecule has 4 aromatic rings. The van der Waals surface area contributed by atoms with Gasteiger partial charge in [0.25, 0.3) is 0 Å². The molecule has 0 aliphatic carbocycles. The molecule has 0 fully saturated rings. The van der Waals surface area contributed by atoms with Crippen molar-refractivity contribution in [3.05, 3.63) is 99.1 Å². The Morgan fingerprint density at radius 3 is 2.34 bits per heavy atom. The molecule has 35 heavy (non-hydrogen) atoms. The second-order valence-electron chi connectivity index (χ2n) is 8.73. The van der Waals surface area contributed by atoms with Crippen LogP contribution in [-0.4, -0.2) is 18.9 Å². The lowest BCUT2D eigenvalue weighted by molar-refractivity contribution is -0.116. The molecule has 4 rings (SSSR count). The fourth-order valence-electron chi connectivity index (χ4n) is 3.97. The van der Waals surface area contributed by atoms with Crippen molar-refractivity contribution in [2.45, 2.75) is 44.0 Å². The Balaban J connectivity index is 1.83. The Morgan fingerprint density at radius 1 is 0.914 bits per heavy atom. The molecule has 0 unspecified atom stereocenters. The fraction of sp³-hybridized carbons (Fsp3) is 0.185. The molecule has 0 bridgehead atoms. The number of benzene rings is 3. The molecule has 0 saturated carbocycles. The van der Waals surface area contributed by atoms with Gasteiger partial charge in [0.05, 0.1) is 10.4 Å². The number of anilines is 1. The van der Waals surface area contributed by atoms with E-state index in [0.717, 1.165) is 40.6 Å². The van der Waals surface area contributed by atoms with E-state index in [9.17, 15) is 22.4 Å². The van der Waals surface area contributed by atoms with Gasteiger partial charge in [0.15, 0.2) is 0 Å². The topological polar surface area (TPSA) is 85.2 Å². The van der Waals surface area contributed by atoms with E-state index >= 15 is 0 Å². The molecule has 0 spiro atoms. The number of amides is 1. The summed E-state index contributed by atoms with van der Waals surface area (Å²) < 4.78 is 42.3. The quantitative estimate of drug-likeness (QED) is 0.432. The third kappa shape index (κ3) is 4.74. The molecule has 1 heterocycles. The first kappa shape index (κ1) is 24.3. The fourth-order valence-corrected chi connectivity index (χ4v) is 5.42. The number of rotatable bonds is 5. The largest absolute Gasteiger partial charge is 0.336 e. The Morgan fingerprint density at radius 2 is 1.66 bits per heavy atom. The minimum absolute atomic E-state index is 0.0419. The Bertz CT molecular complexity index is 1660. The highest BCUT2D eigenvalue weighted by Crippen LogP contribution is 2.24. The van der Waals surface area contributed by atoms with Gasteiger partial charge in [0.1, 0.15) is 17.3 Å². The van der Waals surface area contributed by atoms with Crippen molar-refractivity contribution in [3.63, 3.8) is 0 Å². The molecule has 1 amide bonds. The first-order valence-corrected chi connectivity index (χ1v) is 12.5. The van der Waals surface area contributed by atoms with E-state index in [-0.39, 0.29) is 22.3 Å². The standard InChI is InChI=1S/C27H25FN2O4S/c1-16-5-9-23(19(4)11-16)29-26(31)15-30-14-25(27(32)22-13-20(28)7-10-24(22)30)35(33,34)21-8-6-17(2)18(3)12-21/h5-14H,15H2,1-4H3,(H,29,31). The van der Waals surface area contributed by atoms with Crippen molar-refractivity contribution >= 4 is 32.3 Å². The summed E-state index contributed by atoms with van der Waals surface area (Å²) in [6, 6.07) is 13.7. The van der Waals surface area contributed by atoms with Crippen LogP contribution >= 0.6 is 0 Å². The van der Waals surface area contributed by atoms with Crippen molar-refractivity contribution in [2.24, 2.45) is 0 Å². The molecule has 0 saturated heterocycles. The monoisotopic (exact) mass is 492 g/mol. The highest BCUT2D eigenvalue weighted by Gasteiger charge is 2.25. The number of aryl methyl sites for hydroxylation is 4. The number of nitrogens with zero attached hydrogens (tertiary/aromatic N) is 1. The average Bonchev–Trinajstić information content (AvgIpc) is 2.79. The van der Waals surface area contributed by atoms with E-state index in [1.54, 1.807) is 19.1 Å². The van der Waals surface area contributed by atoms with E-state index in [0.29, 0.717) is 5.69 Å². The van der Waals surface area contributed by atoms with Crippen LogP contribution < -0.4 is 10.7 Å². The molecule has 0 radical (unpaired) electrons. The number of nitrogens with one attached hydrogen (secondary N) is 1. The second kappa shape index (κ2) is 9.11. The highest BCUT2D eigenvalue weighted by atomic mass is 32.2. The van der Waals surface area contributed by atoms with Crippen LogP contribution in [0.1, 0.15) is 22.3 Å². The summed E-state index contributed by atoms with van der Waals surface area (Å²) >= 11 is 0. The first-order valence-electron chi connectivity index (χ1n) is 11.0. The number of fused-ring (bicyclic) bond motifs is 1. The van der Waals surface area contributed by atoms with Crippen LogP contribution in [0.2, 0.25) is 0 Å². The van der Waals surface area contributed by atoms with Gasteiger partial charge in [-0.3, -0.25) is 9.59 Å². The normalized spacial score (nSPS) is 11.6. The van der Waals surface area contributed by atoms with Gasteiger partial charge in [-0.1, -0.05) is 23.8 Å². The first-order chi connectivity index (χ1) is 16.5. The number of halogens is 1. The summed E-state index contributed by atoms with van der Waals surface area (Å²) in [4.78, 5) is 25.5. The predicted molar refractivity (Wildman–Crippen MR) is 134 cm³/mol.